The highest BCUT2D eigenvalue weighted by Gasteiger charge is 1.95. The molecule has 0 atom stereocenters. The Labute approximate surface area is 119 Å². The standard InChI is InChI=1S/C17H18N2O/c18-12-11-15-7-9-16(10-8-15)19-13-4-14-20-17-5-2-1-3-6-17/h1-3,5-10,19H,4,11,13-14H2. The number of benzene rings is 2. The minimum Gasteiger partial charge on any atom is -0.494 e. The zero-order chi connectivity index (χ0) is 14.0. The fraction of sp³-hybridized carbons (Fsp3) is 0.235. The fourth-order valence-electron chi connectivity index (χ4n) is 1.84. The molecule has 0 spiro atoms. The van der Waals surface area contributed by atoms with Gasteiger partial charge in [0.25, 0.3) is 0 Å². The minimum absolute atomic E-state index is 0.463. The quantitative estimate of drug-likeness (QED) is 0.778. The van der Waals surface area contributed by atoms with Crippen LogP contribution in [-0.2, 0) is 6.42 Å². The molecule has 0 amide bonds. The fourth-order valence-corrected chi connectivity index (χ4v) is 1.84. The predicted molar refractivity (Wildman–Crippen MR) is 80.8 cm³/mol. The summed E-state index contributed by atoms with van der Waals surface area (Å²) in [4.78, 5) is 0. The third-order valence-corrected chi connectivity index (χ3v) is 2.90. The van der Waals surface area contributed by atoms with Crippen molar-refractivity contribution >= 4 is 5.69 Å². The van der Waals surface area contributed by atoms with Gasteiger partial charge in [0, 0.05) is 12.2 Å². The van der Waals surface area contributed by atoms with Crippen molar-refractivity contribution in [1.82, 2.24) is 0 Å². The van der Waals surface area contributed by atoms with Crippen LogP contribution >= 0.6 is 0 Å². The molecular weight excluding hydrogens is 248 g/mol. The first-order valence-corrected chi connectivity index (χ1v) is 6.76. The van der Waals surface area contributed by atoms with Gasteiger partial charge < -0.3 is 10.1 Å². The number of nitrogens with one attached hydrogen (secondary N) is 1. The molecule has 0 aliphatic heterocycles. The van der Waals surface area contributed by atoms with E-state index in [-0.39, 0.29) is 0 Å². The van der Waals surface area contributed by atoms with Gasteiger partial charge in [0.1, 0.15) is 5.75 Å². The Bertz CT molecular complexity index is 543. The molecule has 1 N–H and O–H groups in total. The van der Waals surface area contributed by atoms with E-state index in [4.69, 9.17) is 10.00 Å². The highest BCUT2D eigenvalue weighted by Crippen LogP contribution is 2.11. The van der Waals surface area contributed by atoms with Crippen LogP contribution in [0.25, 0.3) is 0 Å². The monoisotopic (exact) mass is 266 g/mol. The van der Waals surface area contributed by atoms with E-state index in [2.05, 4.69) is 11.4 Å². The van der Waals surface area contributed by atoms with E-state index in [1.54, 1.807) is 0 Å². The summed E-state index contributed by atoms with van der Waals surface area (Å²) < 4.78 is 5.62. The molecule has 0 aromatic heterocycles. The first kappa shape index (κ1) is 14.0. The molecular formula is C17H18N2O. The Morgan fingerprint density at radius 2 is 1.75 bits per heavy atom. The van der Waals surface area contributed by atoms with Crippen LogP contribution in [0.2, 0.25) is 0 Å². The Balaban J connectivity index is 1.65. The van der Waals surface area contributed by atoms with E-state index in [1.807, 2.05) is 54.6 Å². The van der Waals surface area contributed by atoms with Crippen LogP contribution in [0.3, 0.4) is 0 Å². The molecule has 0 fully saturated rings. The van der Waals surface area contributed by atoms with Crippen LogP contribution in [0.15, 0.2) is 54.6 Å². The SMILES string of the molecule is N#CCc1ccc(NCCCOc2ccccc2)cc1. The molecule has 0 radical (unpaired) electrons. The maximum Gasteiger partial charge on any atom is 0.119 e. The van der Waals surface area contributed by atoms with Crippen molar-refractivity contribution in [3.63, 3.8) is 0 Å². The number of ether oxygens (including phenoxy) is 1. The van der Waals surface area contributed by atoms with E-state index in [0.717, 1.165) is 30.0 Å². The van der Waals surface area contributed by atoms with Gasteiger partial charge in [-0.25, -0.2) is 0 Å². The van der Waals surface area contributed by atoms with Crippen LogP contribution < -0.4 is 10.1 Å². The van der Waals surface area contributed by atoms with E-state index in [0.29, 0.717) is 13.0 Å². The van der Waals surface area contributed by atoms with Crippen molar-refractivity contribution in [3.8, 4) is 11.8 Å². The Morgan fingerprint density at radius 1 is 1.00 bits per heavy atom. The second kappa shape index (κ2) is 7.85. The van der Waals surface area contributed by atoms with Crippen molar-refractivity contribution in [2.24, 2.45) is 0 Å². The molecule has 3 heteroatoms. The molecule has 0 aliphatic rings. The molecule has 0 bridgehead atoms. The summed E-state index contributed by atoms with van der Waals surface area (Å²) in [6.45, 7) is 1.56. The molecule has 0 unspecified atom stereocenters. The summed E-state index contributed by atoms with van der Waals surface area (Å²) in [5.41, 5.74) is 2.12. The third-order valence-electron chi connectivity index (χ3n) is 2.90. The predicted octanol–water partition coefficient (Wildman–Crippen LogP) is 3.63. The maximum atomic E-state index is 8.60. The van der Waals surface area contributed by atoms with Crippen LogP contribution in [0, 0.1) is 11.3 Å². The average Bonchev–Trinajstić information content (AvgIpc) is 2.50. The third kappa shape index (κ3) is 4.66. The lowest BCUT2D eigenvalue weighted by atomic mass is 10.1. The number of nitrogens with zero attached hydrogens (tertiary/aromatic N) is 1. The first-order chi connectivity index (χ1) is 9.88. The van der Waals surface area contributed by atoms with E-state index >= 15 is 0 Å². The number of anilines is 1. The number of para-hydroxylation sites is 1. The lowest BCUT2D eigenvalue weighted by Gasteiger charge is -2.08. The lowest BCUT2D eigenvalue weighted by molar-refractivity contribution is 0.315. The van der Waals surface area contributed by atoms with E-state index in [9.17, 15) is 0 Å². The summed E-state index contributed by atoms with van der Waals surface area (Å²) >= 11 is 0. The van der Waals surface area contributed by atoms with E-state index < -0.39 is 0 Å². The van der Waals surface area contributed by atoms with Crippen molar-refractivity contribution in [2.45, 2.75) is 12.8 Å². The van der Waals surface area contributed by atoms with Crippen molar-refractivity contribution in [3.05, 3.63) is 60.2 Å². The van der Waals surface area contributed by atoms with Crippen LogP contribution in [0.5, 0.6) is 5.75 Å². The largest absolute Gasteiger partial charge is 0.494 e. The molecule has 0 heterocycles. The molecule has 20 heavy (non-hydrogen) atoms. The average molecular weight is 266 g/mol. The normalized spacial score (nSPS) is 9.75. The topological polar surface area (TPSA) is 45.0 Å². The summed E-state index contributed by atoms with van der Waals surface area (Å²) in [7, 11) is 0. The van der Waals surface area contributed by atoms with Crippen molar-refractivity contribution in [1.29, 1.82) is 5.26 Å². The van der Waals surface area contributed by atoms with Gasteiger partial charge in [-0.1, -0.05) is 30.3 Å². The van der Waals surface area contributed by atoms with Gasteiger partial charge in [0.2, 0.25) is 0 Å². The number of rotatable bonds is 7. The van der Waals surface area contributed by atoms with Crippen LogP contribution in [-0.4, -0.2) is 13.2 Å². The smallest absolute Gasteiger partial charge is 0.119 e. The van der Waals surface area contributed by atoms with Crippen LogP contribution in [0.1, 0.15) is 12.0 Å². The zero-order valence-electron chi connectivity index (χ0n) is 11.4. The molecule has 0 saturated heterocycles. The van der Waals surface area contributed by atoms with Gasteiger partial charge >= 0.3 is 0 Å². The number of hydrogen-bond acceptors (Lipinski definition) is 3. The number of nitriles is 1. The van der Waals surface area contributed by atoms with Gasteiger partial charge in [-0.05, 0) is 36.2 Å². The summed E-state index contributed by atoms with van der Waals surface area (Å²) in [5, 5.41) is 11.9. The highest BCUT2D eigenvalue weighted by atomic mass is 16.5. The second-order valence-electron chi connectivity index (χ2n) is 4.47. The molecule has 3 nitrogen and oxygen atoms in total. The second-order valence-corrected chi connectivity index (χ2v) is 4.47. The van der Waals surface area contributed by atoms with Crippen molar-refractivity contribution in [2.75, 3.05) is 18.5 Å². The molecule has 0 saturated carbocycles. The number of hydrogen-bond donors (Lipinski definition) is 1. The molecule has 2 aromatic carbocycles. The molecule has 2 rings (SSSR count). The van der Waals surface area contributed by atoms with Crippen molar-refractivity contribution < 1.29 is 4.74 Å². The highest BCUT2D eigenvalue weighted by molar-refractivity contribution is 5.44. The van der Waals surface area contributed by atoms with Gasteiger partial charge in [-0.15, -0.1) is 0 Å². The minimum atomic E-state index is 0.463. The maximum absolute atomic E-state index is 8.60. The summed E-state index contributed by atoms with van der Waals surface area (Å²) in [6, 6.07) is 19.9. The summed E-state index contributed by atoms with van der Waals surface area (Å²) in [6.07, 6.45) is 1.40. The molecule has 102 valence electrons. The summed E-state index contributed by atoms with van der Waals surface area (Å²) in [5.74, 6) is 0.911. The molecule has 0 aliphatic carbocycles. The first-order valence-electron chi connectivity index (χ1n) is 6.76. The lowest BCUT2D eigenvalue weighted by Crippen LogP contribution is -2.07. The van der Waals surface area contributed by atoms with Gasteiger partial charge in [0.05, 0.1) is 19.1 Å². The Hall–Kier alpha value is -2.47. The van der Waals surface area contributed by atoms with Gasteiger partial charge in [0.15, 0.2) is 0 Å². The Kier molecular flexibility index (Phi) is 5.48. The molecule has 2 aromatic rings. The Morgan fingerprint density at radius 3 is 2.45 bits per heavy atom. The van der Waals surface area contributed by atoms with E-state index in [1.165, 1.54) is 0 Å². The van der Waals surface area contributed by atoms with Gasteiger partial charge in [-0.3, -0.25) is 0 Å². The van der Waals surface area contributed by atoms with Gasteiger partial charge in [-0.2, -0.15) is 5.26 Å². The van der Waals surface area contributed by atoms with Crippen LogP contribution in [0.4, 0.5) is 5.69 Å². The zero-order valence-corrected chi connectivity index (χ0v) is 11.4.